The van der Waals surface area contributed by atoms with Gasteiger partial charge in [0.1, 0.15) is 12.4 Å². The van der Waals surface area contributed by atoms with Crippen LogP contribution in [0.2, 0.25) is 0 Å². The van der Waals surface area contributed by atoms with Crippen molar-refractivity contribution in [2.75, 3.05) is 50.1 Å². The van der Waals surface area contributed by atoms with Crippen LogP contribution in [0.15, 0.2) is 54.9 Å². The highest BCUT2D eigenvalue weighted by Crippen LogP contribution is 2.28. The van der Waals surface area contributed by atoms with Crippen LogP contribution in [0.4, 0.5) is 16.0 Å². The molecule has 2 heterocycles. The van der Waals surface area contributed by atoms with Gasteiger partial charge in [-0.15, -0.1) is 0 Å². The van der Waals surface area contributed by atoms with Gasteiger partial charge in [0.05, 0.1) is 5.92 Å². The number of carboxylic acids is 1. The van der Waals surface area contributed by atoms with E-state index < -0.39 is 23.7 Å². The maximum absolute atomic E-state index is 15.4. The molecule has 4 rings (SSSR count). The van der Waals surface area contributed by atoms with Crippen LogP contribution in [0.5, 0.6) is 0 Å². The summed E-state index contributed by atoms with van der Waals surface area (Å²) >= 11 is 0. The lowest BCUT2D eigenvalue weighted by atomic mass is 9.95. The van der Waals surface area contributed by atoms with Crippen molar-refractivity contribution in [3.8, 4) is 11.1 Å². The Kier molecular flexibility index (Phi) is 9.65. The summed E-state index contributed by atoms with van der Waals surface area (Å²) in [5.41, 5.74) is 4.11. The molecule has 0 radical (unpaired) electrons. The molecule has 10 heteroatoms. The molecule has 2 aromatic carbocycles. The maximum Gasteiger partial charge on any atom is 0.326 e. The monoisotopic (exact) mass is 548 g/mol. The topological polar surface area (TPSA) is 111 Å². The molecule has 0 bridgehead atoms. The predicted octanol–water partition coefficient (Wildman–Crippen LogP) is 3.28. The molecule has 1 amide bonds. The van der Waals surface area contributed by atoms with E-state index in [0.717, 1.165) is 16.7 Å². The minimum absolute atomic E-state index is 0.155. The summed E-state index contributed by atoms with van der Waals surface area (Å²) in [4.78, 5) is 37.0. The lowest BCUT2D eigenvalue weighted by Gasteiger charge is -2.34. The van der Waals surface area contributed by atoms with Gasteiger partial charge in [0, 0.05) is 39.6 Å². The van der Waals surface area contributed by atoms with Gasteiger partial charge in [-0.3, -0.25) is 4.79 Å². The quantitative estimate of drug-likeness (QED) is 0.335. The number of carboxylic acid groups (broad SMARTS) is 1. The number of carbonyl (C=O) groups excluding carboxylic acids is 1. The lowest BCUT2D eigenvalue weighted by Crippen LogP contribution is -2.49. The molecule has 3 N–H and O–H groups in total. The van der Waals surface area contributed by atoms with Crippen molar-refractivity contribution < 1.29 is 19.1 Å². The van der Waals surface area contributed by atoms with Gasteiger partial charge in [0.25, 0.3) is 0 Å². The number of halogens is 1. The molecule has 1 fully saturated rings. The molecule has 0 aliphatic carbocycles. The summed E-state index contributed by atoms with van der Waals surface area (Å²) in [7, 11) is 3.59. The van der Waals surface area contributed by atoms with Gasteiger partial charge in [-0.05, 0) is 43.5 Å². The van der Waals surface area contributed by atoms with Crippen molar-refractivity contribution in [2.45, 2.75) is 32.2 Å². The Hall–Kier alpha value is -4.05. The van der Waals surface area contributed by atoms with Crippen LogP contribution in [0, 0.1) is 18.7 Å². The number of benzene rings is 2. The molecule has 2 atom stereocenters. The highest BCUT2D eigenvalue weighted by Gasteiger charge is 2.31. The van der Waals surface area contributed by atoms with E-state index in [9.17, 15) is 14.7 Å². The number of piperidine rings is 1. The molecule has 0 spiro atoms. The number of amides is 1. The fraction of sp³-hybridized carbons (Fsp3) is 0.400. The van der Waals surface area contributed by atoms with Crippen LogP contribution >= 0.6 is 0 Å². The third-order valence-electron chi connectivity index (χ3n) is 7.30. The number of anilines is 2. The van der Waals surface area contributed by atoms with Crippen LogP contribution in [-0.2, 0) is 16.0 Å². The number of rotatable bonds is 11. The Balaban J connectivity index is 1.40. The maximum atomic E-state index is 15.4. The first-order valence-electron chi connectivity index (χ1n) is 13.6. The second-order valence-electron chi connectivity index (χ2n) is 10.3. The molecular weight excluding hydrogens is 511 g/mol. The van der Waals surface area contributed by atoms with E-state index in [2.05, 4.69) is 32.7 Å². The number of nitrogens with zero attached hydrogens (tertiary/aromatic N) is 4. The van der Waals surface area contributed by atoms with E-state index in [1.165, 1.54) is 11.9 Å². The number of nitrogens with one attached hydrogen (secondary N) is 2. The Morgan fingerprint density at radius 1 is 1.12 bits per heavy atom. The first-order valence-corrected chi connectivity index (χ1v) is 13.6. The average molecular weight is 549 g/mol. The van der Waals surface area contributed by atoms with Crippen LogP contribution in [-0.4, -0.2) is 73.3 Å². The number of hydrogen-bond acceptors (Lipinski definition) is 7. The van der Waals surface area contributed by atoms with Gasteiger partial charge in [0.2, 0.25) is 11.7 Å². The molecule has 1 unspecified atom stereocenters. The number of carbonyl (C=O) groups is 2. The number of likely N-dealkylation sites (N-methyl/N-ethyl adjacent to an activating group) is 2. The molecule has 1 aromatic heterocycles. The highest BCUT2D eigenvalue weighted by molar-refractivity contribution is 5.85. The predicted molar refractivity (Wildman–Crippen MR) is 154 cm³/mol. The molecule has 3 aromatic rings. The zero-order valence-corrected chi connectivity index (χ0v) is 23.2. The normalized spacial score (nSPS) is 15.9. The smallest absolute Gasteiger partial charge is 0.326 e. The minimum atomic E-state index is -1.10. The fourth-order valence-corrected chi connectivity index (χ4v) is 4.91. The molecule has 0 saturated carbocycles. The van der Waals surface area contributed by atoms with E-state index in [-0.39, 0.29) is 30.5 Å². The summed E-state index contributed by atoms with van der Waals surface area (Å²) in [6.45, 7) is 4.07. The molecule has 212 valence electrons. The Morgan fingerprint density at radius 3 is 2.45 bits per heavy atom. The van der Waals surface area contributed by atoms with E-state index in [1.54, 1.807) is 16.8 Å². The molecule has 1 aliphatic rings. The molecule has 40 heavy (non-hydrogen) atoms. The number of aliphatic carboxylic acids is 1. The molecule has 1 aliphatic heterocycles. The zero-order chi connectivity index (χ0) is 28.6. The van der Waals surface area contributed by atoms with Crippen molar-refractivity contribution in [1.82, 2.24) is 20.6 Å². The van der Waals surface area contributed by atoms with Gasteiger partial charge in [-0.25, -0.2) is 14.8 Å². The first-order chi connectivity index (χ1) is 19.3. The van der Waals surface area contributed by atoms with Crippen molar-refractivity contribution in [1.29, 1.82) is 0 Å². The Morgan fingerprint density at radius 2 is 1.80 bits per heavy atom. The van der Waals surface area contributed by atoms with Crippen LogP contribution in [0.1, 0.15) is 24.0 Å². The van der Waals surface area contributed by atoms with Crippen LogP contribution in [0.3, 0.4) is 0 Å². The second kappa shape index (κ2) is 13.3. The molecule has 9 nitrogen and oxygen atoms in total. The molecule has 1 saturated heterocycles. The second-order valence-corrected chi connectivity index (χ2v) is 10.3. The number of hydrogen-bond donors (Lipinski definition) is 3. The van der Waals surface area contributed by atoms with E-state index >= 15 is 4.39 Å². The lowest BCUT2D eigenvalue weighted by molar-refractivity contribution is -0.142. The summed E-state index contributed by atoms with van der Waals surface area (Å²) < 4.78 is 15.4. The number of aromatic nitrogens is 2. The van der Waals surface area contributed by atoms with Gasteiger partial charge >= 0.3 is 5.97 Å². The SMILES string of the molecule is CNCCN(C)c1ncnc(N2CCCC(C(=O)N[C@@H](Cc3ccc(-c4ccc(C)cc4)cc3)C(=O)O)C2)c1F. The summed E-state index contributed by atoms with van der Waals surface area (Å²) in [5.74, 6) is -2.11. The van der Waals surface area contributed by atoms with Gasteiger partial charge in [-0.1, -0.05) is 54.1 Å². The summed E-state index contributed by atoms with van der Waals surface area (Å²) in [5, 5.41) is 15.6. The minimum Gasteiger partial charge on any atom is -0.480 e. The fourth-order valence-electron chi connectivity index (χ4n) is 4.91. The Bertz CT molecular complexity index is 1300. The third kappa shape index (κ3) is 7.12. The van der Waals surface area contributed by atoms with E-state index in [0.29, 0.717) is 32.5 Å². The average Bonchev–Trinajstić information content (AvgIpc) is 2.96. The molecular formula is C30H37FN6O3. The van der Waals surface area contributed by atoms with Crippen LogP contribution in [0.25, 0.3) is 11.1 Å². The van der Waals surface area contributed by atoms with Gasteiger partial charge in [0.15, 0.2) is 11.6 Å². The largest absolute Gasteiger partial charge is 0.480 e. The standard InChI is InChI=1S/C30H37FN6O3/c1-20-6-10-22(11-7-20)23-12-8-21(9-13-23)17-25(30(39)40)35-29(38)24-5-4-15-37(18-24)28-26(31)27(33-19-34-28)36(3)16-14-32-2/h6-13,19,24-25,32H,4-5,14-18H2,1-3H3,(H,35,38)(H,39,40)/t24?,25-/m0/s1. The van der Waals surface area contributed by atoms with Crippen molar-refractivity contribution in [3.05, 3.63) is 71.8 Å². The Labute approximate surface area is 234 Å². The van der Waals surface area contributed by atoms with Crippen molar-refractivity contribution in [2.24, 2.45) is 5.92 Å². The van der Waals surface area contributed by atoms with Crippen molar-refractivity contribution >= 4 is 23.5 Å². The number of aryl methyl sites for hydroxylation is 1. The first kappa shape index (κ1) is 28.9. The van der Waals surface area contributed by atoms with Crippen molar-refractivity contribution in [3.63, 3.8) is 0 Å². The summed E-state index contributed by atoms with van der Waals surface area (Å²) in [6.07, 6.45) is 2.73. The van der Waals surface area contributed by atoms with E-state index in [4.69, 9.17) is 0 Å². The van der Waals surface area contributed by atoms with E-state index in [1.807, 2.05) is 50.4 Å². The van der Waals surface area contributed by atoms with Gasteiger partial charge < -0.3 is 25.5 Å². The highest BCUT2D eigenvalue weighted by atomic mass is 19.1. The van der Waals surface area contributed by atoms with Gasteiger partial charge in [-0.2, -0.15) is 4.39 Å². The third-order valence-corrected chi connectivity index (χ3v) is 7.30. The zero-order valence-electron chi connectivity index (χ0n) is 23.2. The summed E-state index contributed by atoms with van der Waals surface area (Å²) in [6, 6.07) is 14.8. The van der Waals surface area contributed by atoms with Crippen LogP contribution < -0.4 is 20.4 Å².